The SMILES string of the molecule is CCOc1ccc(C(C)NC(=NC)NCc2cccc([N+](=O)[O-])c2)cc1OCC. The summed E-state index contributed by atoms with van der Waals surface area (Å²) < 4.78 is 11.3. The third-order valence-electron chi connectivity index (χ3n) is 4.23. The molecular formula is C21H28N4O4. The summed E-state index contributed by atoms with van der Waals surface area (Å²) in [4.78, 5) is 14.8. The molecule has 2 N–H and O–H groups in total. The van der Waals surface area contributed by atoms with Crippen LogP contribution in [0.25, 0.3) is 0 Å². The molecule has 0 heterocycles. The van der Waals surface area contributed by atoms with Gasteiger partial charge >= 0.3 is 0 Å². The third-order valence-corrected chi connectivity index (χ3v) is 4.23. The first-order valence-corrected chi connectivity index (χ1v) is 9.58. The zero-order valence-electron chi connectivity index (χ0n) is 17.3. The second kappa shape index (κ2) is 10.9. The van der Waals surface area contributed by atoms with Gasteiger partial charge in [-0.25, -0.2) is 0 Å². The van der Waals surface area contributed by atoms with E-state index in [0.717, 1.165) is 16.9 Å². The molecular weight excluding hydrogens is 372 g/mol. The maximum atomic E-state index is 10.9. The number of rotatable bonds is 9. The van der Waals surface area contributed by atoms with Gasteiger partial charge in [-0.05, 0) is 44.0 Å². The maximum Gasteiger partial charge on any atom is 0.269 e. The van der Waals surface area contributed by atoms with Crippen LogP contribution in [0.15, 0.2) is 47.5 Å². The van der Waals surface area contributed by atoms with Crippen LogP contribution in [-0.4, -0.2) is 31.1 Å². The minimum atomic E-state index is -0.402. The van der Waals surface area contributed by atoms with Crippen LogP contribution >= 0.6 is 0 Å². The highest BCUT2D eigenvalue weighted by Gasteiger charge is 2.13. The van der Waals surface area contributed by atoms with Crippen molar-refractivity contribution in [2.24, 2.45) is 4.99 Å². The van der Waals surface area contributed by atoms with Crippen molar-refractivity contribution in [2.45, 2.75) is 33.4 Å². The number of ether oxygens (including phenoxy) is 2. The van der Waals surface area contributed by atoms with Crippen LogP contribution in [0.3, 0.4) is 0 Å². The molecule has 2 aromatic rings. The Balaban J connectivity index is 2.04. The van der Waals surface area contributed by atoms with Gasteiger partial charge in [0.2, 0.25) is 0 Å². The predicted molar refractivity (Wildman–Crippen MR) is 114 cm³/mol. The average Bonchev–Trinajstić information content (AvgIpc) is 2.72. The highest BCUT2D eigenvalue weighted by Crippen LogP contribution is 2.30. The second-order valence-electron chi connectivity index (χ2n) is 6.29. The van der Waals surface area contributed by atoms with Gasteiger partial charge < -0.3 is 20.1 Å². The van der Waals surface area contributed by atoms with E-state index in [4.69, 9.17) is 9.47 Å². The molecule has 0 radical (unpaired) electrons. The molecule has 0 saturated heterocycles. The number of nitrogens with zero attached hydrogens (tertiary/aromatic N) is 2. The summed E-state index contributed by atoms with van der Waals surface area (Å²) in [6.07, 6.45) is 0. The Bertz CT molecular complexity index is 854. The molecule has 0 fully saturated rings. The Labute approximate surface area is 171 Å². The van der Waals surface area contributed by atoms with E-state index in [9.17, 15) is 10.1 Å². The fourth-order valence-electron chi connectivity index (χ4n) is 2.79. The molecule has 0 aromatic heterocycles. The highest BCUT2D eigenvalue weighted by atomic mass is 16.6. The van der Waals surface area contributed by atoms with Crippen LogP contribution in [0.1, 0.15) is 37.9 Å². The first-order valence-electron chi connectivity index (χ1n) is 9.58. The molecule has 8 heteroatoms. The fraction of sp³-hybridized carbons (Fsp3) is 0.381. The summed E-state index contributed by atoms with van der Waals surface area (Å²) in [7, 11) is 1.68. The molecule has 29 heavy (non-hydrogen) atoms. The first kappa shape index (κ1) is 22.0. The molecule has 2 rings (SSSR count). The lowest BCUT2D eigenvalue weighted by atomic mass is 10.1. The maximum absolute atomic E-state index is 10.9. The number of hydrogen-bond donors (Lipinski definition) is 2. The first-order chi connectivity index (χ1) is 14.0. The van der Waals surface area contributed by atoms with Crippen LogP contribution < -0.4 is 20.1 Å². The number of nitro benzene ring substituents is 1. The summed E-state index contributed by atoms with van der Waals surface area (Å²) in [5, 5.41) is 17.4. The van der Waals surface area contributed by atoms with E-state index in [0.29, 0.717) is 31.5 Å². The number of nitrogens with one attached hydrogen (secondary N) is 2. The summed E-state index contributed by atoms with van der Waals surface area (Å²) >= 11 is 0. The molecule has 0 saturated carbocycles. The van der Waals surface area contributed by atoms with Crippen LogP contribution in [0.2, 0.25) is 0 Å². The molecule has 0 bridgehead atoms. The van der Waals surface area contributed by atoms with Crippen molar-refractivity contribution >= 4 is 11.6 Å². The molecule has 156 valence electrons. The van der Waals surface area contributed by atoms with Crippen LogP contribution in [-0.2, 0) is 6.54 Å². The lowest BCUT2D eigenvalue weighted by Crippen LogP contribution is -2.38. The van der Waals surface area contributed by atoms with Gasteiger partial charge in [0.15, 0.2) is 17.5 Å². The molecule has 0 aliphatic rings. The molecule has 1 unspecified atom stereocenters. The zero-order valence-corrected chi connectivity index (χ0v) is 17.3. The summed E-state index contributed by atoms with van der Waals surface area (Å²) in [5.74, 6) is 2.02. The zero-order chi connectivity index (χ0) is 21.2. The lowest BCUT2D eigenvalue weighted by Gasteiger charge is -2.20. The summed E-state index contributed by atoms with van der Waals surface area (Å²) in [6, 6.07) is 12.3. The third kappa shape index (κ3) is 6.38. The van der Waals surface area contributed by atoms with Gasteiger partial charge in [-0.2, -0.15) is 0 Å². The van der Waals surface area contributed by atoms with E-state index in [2.05, 4.69) is 15.6 Å². The molecule has 0 aliphatic heterocycles. The standard InChI is InChI=1S/C21H28N4O4/c1-5-28-19-11-10-17(13-20(19)29-6-2)15(3)24-21(22-4)23-14-16-8-7-9-18(12-16)25(26)27/h7-13,15H,5-6,14H2,1-4H3,(H2,22,23,24). The summed E-state index contributed by atoms with van der Waals surface area (Å²) in [6.45, 7) is 7.43. The monoisotopic (exact) mass is 400 g/mol. The van der Waals surface area contributed by atoms with E-state index in [1.54, 1.807) is 19.2 Å². The molecule has 0 aliphatic carbocycles. The molecule has 0 amide bonds. The highest BCUT2D eigenvalue weighted by molar-refractivity contribution is 5.80. The Hall–Kier alpha value is -3.29. The molecule has 2 aromatic carbocycles. The topological polar surface area (TPSA) is 98.0 Å². The van der Waals surface area contributed by atoms with Gasteiger partial charge in [0, 0.05) is 25.7 Å². The average molecular weight is 400 g/mol. The van der Waals surface area contributed by atoms with E-state index in [-0.39, 0.29) is 11.7 Å². The van der Waals surface area contributed by atoms with E-state index < -0.39 is 4.92 Å². The Morgan fingerprint density at radius 2 is 1.86 bits per heavy atom. The number of nitro groups is 1. The van der Waals surface area contributed by atoms with Crippen LogP contribution in [0.5, 0.6) is 11.5 Å². The minimum Gasteiger partial charge on any atom is -0.490 e. The minimum absolute atomic E-state index is 0.0406. The van der Waals surface area contributed by atoms with Gasteiger partial charge in [-0.1, -0.05) is 18.2 Å². The van der Waals surface area contributed by atoms with Gasteiger partial charge in [-0.15, -0.1) is 0 Å². The fourth-order valence-corrected chi connectivity index (χ4v) is 2.79. The summed E-state index contributed by atoms with van der Waals surface area (Å²) in [5.41, 5.74) is 1.89. The smallest absolute Gasteiger partial charge is 0.269 e. The number of hydrogen-bond acceptors (Lipinski definition) is 5. The van der Waals surface area contributed by atoms with Crippen molar-refractivity contribution in [2.75, 3.05) is 20.3 Å². The van der Waals surface area contributed by atoms with Crippen molar-refractivity contribution in [1.82, 2.24) is 10.6 Å². The van der Waals surface area contributed by atoms with E-state index in [1.807, 2.05) is 45.0 Å². The number of guanidine groups is 1. The quantitative estimate of drug-likeness (QED) is 0.287. The molecule has 0 spiro atoms. The van der Waals surface area contributed by atoms with Crippen molar-refractivity contribution in [3.63, 3.8) is 0 Å². The van der Waals surface area contributed by atoms with Gasteiger partial charge in [0.05, 0.1) is 24.2 Å². The van der Waals surface area contributed by atoms with E-state index in [1.165, 1.54) is 6.07 Å². The van der Waals surface area contributed by atoms with Crippen LogP contribution in [0.4, 0.5) is 5.69 Å². The Morgan fingerprint density at radius 1 is 1.14 bits per heavy atom. The number of non-ortho nitro benzene ring substituents is 1. The van der Waals surface area contributed by atoms with Crippen molar-refractivity contribution in [3.8, 4) is 11.5 Å². The Morgan fingerprint density at radius 3 is 2.52 bits per heavy atom. The van der Waals surface area contributed by atoms with Crippen molar-refractivity contribution < 1.29 is 14.4 Å². The Kier molecular flexibility index (Phi) is 8.27. The van der Waals surface area contributed by atoms with Gasteiger partial charge in [-0.3, -0.25) is 15.1 Å². The lowest BCUT2D eigenvalue weighted by molar-refractivity contribution is -0.384. The van der Waals surface area contributed by atoms with Crippen LogP contribution in [0, 0.1) is 10.1 Å². The number of benzene rings is 2. The van der Waals surface area contributed by atoms with E-state index >= 15 is 0 Å². The largest absolute Gasteiger partial charge is 0.490 e. The van der Waals surface area contributed by atoms with Crippen molar-refractivity contribution in [3.05, 3.63) is 63.7 Å². The molecule has 8 nitrogen and oxygen atoms in total. The number of aliphatic imine (C=N–C) groups is 1. The predicted octanol–water partition coefficient (Wildman–Crippen LogP) is 3.82. The second-order valence-corrected chi connectivity index (χ2v) is 6.29. The normalized spacial score (nSPS) is 12.2. The molecule has 1 atom stereocenters. The van der Waals surface area contributed by atoms with Crippen molar-refractivity contribution in [1.29, 1.82) is 0 Å². The van der Waals surface area contributed by atoms with Gasteiger partial charge in [0.1, 0.15) is 0 Å². The van der Waals surface area contributed by atoms with Gasteiger partial charge in [0.25, 0.3) is 5.69 Å².